The molecule has 0 radical (unpaired) electrons. The molecule has 0 amide bonds. The number of esters is 1. The van der Waals surface area contributed by atoms with E-state index in [1.807, 2.05) is 41.4 Å². The van der Waals surface area contributed by atoms with E-state index in [1.165, 1.54) is 0 Å². The molecule has 1 aromatic heterocycles. The number of benzene rings is 2. The van der Waals surface area contributed by atoms with Gasteiger partial charge in [0.05, 0.1) is 10.6 Å². The van der Waals surface area contributed by atoms with Crippen LogP contribution in [0.4, 0.5) is 8.78 Å². The summed E-state index contributed by atoms with van der Waals surface area (Å²) in [6.07, 6.45) is -3.37. The topological polar surface area (TPSA) is 180 Å². The van der Waals surface area contributed by atoms with Crippen LogP contribution >= 0.6 is 24.5 Å². The van der Waals surface area contributed by atoms with E-state index in [0.717, 1.165) is 23.9 Å². The maximum Gasteiger partial charge on any atom is 0.330 e. The van der Waals surface area contributed by atoms with Crippen LogP contribution in [0.1, 0.15) is 33.9 Å². The molecule has 3 aromatic rings. The van der Waals surface area contributed by atoms with E-state index < -0.39 is 47.8 Å². The molecule has 16 heteroatoms. The van der Waals surface area contributed by atoms with Crippen LogP contribution in [0.5, 0.6) is 5.75 Å². The first-order valence-corrected chi connectivity index (χ1v) is 14.0. The number of phenolic OH excluding ortho intramolecular Hbond substituents is 1. The number of aromatic amines is 1. The van der Waals surface area contributed by atoms with Crippen LogP contribution in [-0.4, -0.2) is 67.2 Å². The first kappa shape index (κ1) is 35.1. The normalized spacial score (nSPS) is 24.0. The number of fused-ring (bicyclic) bond motifs is 1. The lowest BCUT2D eigenvalue weighted by molar-refractivity contribution is -0.207. The molecule has 0 bridgehead atoms. The molecule has 230 valence electrons. The van der Waals surface area contributed by atoms with Crippen molar-refractivity contribution < 1.29 is 42.9 Å². The predicted molar refractivity (Wildman–Crippen MR) is 153 cm³/mol. The van der Waals surface area contributed by atoms with Crippen molar-refractivity contribution in [2.75, 3.05) is 6.61 Å². The highest BCUT2D eigenvalue weighted by atomic mass is 79.9. The molecule has 2 aromatic carbocycles. The Labute approximate surface area is 248 Å². The fourth-order valence-corrected chi connectivity index (χ4v) is 4.27. The number of nitrogens with zero attached hydrogens (tertiary/aromatic N) is 1. The quantitative estimate of drug-likeness (QED) is 0.192. The average molecular weight is 678 g/mol. The molecule has 42 heavy (non-hydrogen) atoms. The second kappa shape index (κ2) is 14.9. The third-order valence-electron chi connectivity index (χ3n) is 5.84. The van der Waals surface area contributed by atoms with Crippen LogP contribution in [-0.2, 0) is 18.8 Å². The van der Waals surface area contributed by atoms with Gasteiger partial charge in [0.15, 0.2) is 18.0 Å². The van der Waals surface area contributed by atoms with Gasteiger partial charge in [-0.1, -0.05) is 36.4 Å². The minimum Gasteiger partial charge on any atom is -0.507 e. The molecule has 2 heterocycles. The number of ether oxygens (including phenoxy) is 2. The van der Waals surface area contributed by atoms with E-state index in [-0.39, 0.29) is 25.2 Å². The van der Waals surface area contributed by atoms with Gasteiger partial charge in [-0.2, -0.15) is 0 Å². The van der Waals surface area contributed by atoms with Crippen molar-refractivity contribution in [3.8, 4) is 5.75 Å². The standard InChI is InChI=1S/C10H11BrF2N2O5.C10H8O.C6H12NO3P/c1-9(12)6(18)10(13,3-16)20-7(9)15-2-4(11)5(17)14-8(15)19;11-10-7-3-5-8-4-1-2-6-9(8)10;1-4(2)10-6(8)5(3)7-11-9/h2,6-7,16,18H,3H2,1H3,(H,14,17,19);1-7,11H;4-5H,1-3H3,(H,7,9)/t6-,7+,9+,10+;;5-/m0.0/s1. The fraction of sp³-hybridized carbons (Fsp3) is 0.423. The van der Waals surface area contributed by atoms with Crippen LogP contribution in [0.25, 0.3) is 10.8 Å². The van der Waals surface area contributed by atoms with Crippen molar-refractivity contribution in [3.05, 3.63) is 74.0 Å². The lowest BCUT2D eigenvalue weighted by Gasteiger charge is -2.24. The third kappa shape index (κ3) is 8.49. The van der Waals surface area contributed by atoms with Crippen LogP contribution in [0.2, 0.25) is 0 Å². The number of carbonyl (C=O) groups excluding carboxylic acids is 1. The van der Waals surface area contributed by atoms with Crippen molar-refractivity contribution in [2.45, 2.75) is 63.7 Å². The molecule has 1 aliphatic heterocycles. The molecule has 4 rings (SSSR count). The van der Waals surface area contributed by atoms with Gasteiger partial charge in [0.1, 0.15) is 18.4 Å². The minimum atomic E-state index is -3.05. The zero-order valence-corrected chi connectivity index (χ0v) is 25.4. The lowest BCUT2D eigenvalue weighted by Crippen LogP contribution is -2.47. The summed E-state index contributed by atoms with van der Waals surface area (Å²) in [6.45, 7) is 4.66. The van der Waals surface area contributed by atoms with E-state index in [4.69, 9.17) is 9.84 Å². The van der Waals surface area contributed by atoms with Crippen molar-refractivity contribution in [3.63, 3.8) is 0 Å². The number of alkyl halides is 2. The van der Waals surface area contributed by atoms with Gasteiger partial charge >= 0.3 is 11.7 Å². The number of hydrogen-bond acceptors (Lipinski definition) is 9. The molecule has 5 atom stereocenters. The summed E-state index contributed by atoms with van der Waals surface area (Å²) in [5.41, 5.74) is -4.49. The van der Waals surface area contributed by atoms with Gasteiger partial charge in [0.2, 0.25) is 8.61 Å². The first-order valence-electron chi connectivity index (χ1n) is 12.4. The number of halogens is 3. The number of aromatic nitrogens is 2. The molecule has 1 saturated heterocycles. The number of H-pyrrole nitrogens is 1. The van der Waals surface area contributed by atoms with Crippen molar-refractivity contribution in [2.24, 2.45) is 0 Å². The van der Waals surface area contributed by atoms with Gasteiger partial charge in [-0.15, -0.1) is 0 Å². The molecule has 1 aliphatic rings. The van der Waals surface area contributed by atoms with Gasteiger partial charge in [-0.05, 0) is 55.1 Å². The van der Waals surface area contributed by atoms with Gasteiger partial charge in [-0.3, -0.25) is 23.7 Å². The van der Waals surface area contributed by atoms with Gasteiger partial charge in [0, 0.05) is 11.6 Å². The van der Waals surface area contributed by atoms with Crippen LogP contribution in [0.3, 0.4) is 0 Å². The summed E-state index contributed by atoms with van der Waals surface area (Å²) in [6, 6.07) is 12.8. The third-order valence-corrected chi connectivity index (χ3v) is 6.90. The molecular formula is C26H31BrF2N3O9P. The number of phenols is 1. The molecule has 0 aliphatic carbocycles. The van der Waals surface area contributed by atoms with Gasteiger partial charge in [0.25, 0.3) is 11.4 Å². The Kier molecular flexibility index (Phi) is 12.5. The van der Waals surface area contributed by atoms with Crippen LogP contribution < -0.4 is 16.3 Å². The molecule has 0 saturated carbocycles. The number of carbonyl (C=O) groups is 1. The largest absolute Gasteiger partial charge is 0.507 e. The van der Waals surface area contributed by atoms with Crippen LogP contribution in [0.15, 0.2) is 62.7 Å². The minimum absolute atomic E-state index is 0.105. The summed E-state index contributed by atoms with van der Waals surface area (Å²) in [4.78, 5) is 35.6. The average Bonchev–Trinajstić information content (AvgIpc) is 3.12. The molecule has 5 N–H and O–H groups in total. The maximum absolute atomic E-state index is 14.5. The monoisotopic (exact) mass is 677 g/mol. The Bertz CT molecular complexity index is 1500. The lowest BCUT2D eigenvalue weighted by atomic mass is 9.97. The number of nitrogens with one attached hydrogen (secondary N) is 2. The van der Waals surface area contributed by atoms with Crippen molar-refractivity contribution in [1.29, 1.82) is 0 Å². The number of rotatable bonds is 6. The highest BCUT2D eigenvalue weighted by molar-refractivity contribution is 9.10. The summed E-state index contributed by atoms with van der Waals surface area (Å²) in [5.74, 6) is -3.08. The van der Waals surface area contributed by atoms with E-state index in [1.54, 1.807) is 26.8 Å². The summed E-state index contributed by atoms with van der Waals surface area (Å²) >= 11 is 2.84. The Balaban J connectivity index is 0.000000239. The summed E-state index contributed by atoms with van der Waals surface area (Å²) in [7, 11) is -0.255. The molecule has 0 unspecified atom stereocenters. The smallest absolute Gasteiger partial charge is 0.330 e. The number of hydrogen-bond donors (Lipinski definition) is 5. The molecule has 1 fully saturated rings. The molecule has 12 nitrogen and oxygen atoms in total. The van der Waals surface area contributed by atoms with Gasteiger partial charge < -0.3 is 24.8 Å². The van der Waals surface area contributed by atoms with E-state index in [9.17, 15) is 37.9 Å². The highest BCUT2D eigenvalue weighted by Gasteiger charge is 2.64. The van der Waals surface area contributed by atoms with Crippen molar-refractivity contribution >= 4 is 41.3 Å². The number of aliphatic hydroxyl groups excluding tert-OH is 2. The zero-order valence-electron chi connectivity index (χ0n) is 23.0. The molecule has 0 spiro atoms. The van der Waals surface area contributed by atoms with E-state index in [2.05, 4.69) is 25.8 Å². The van der Waals surface area contributed by atoms with E-state index in [0.29, 0.717) is 10.3 Å². The van der Waals surface area contributed by atoms with E-state index >= 15 is 0 Å². The van der Waals surface area contributed by atoms with Gasteiger partial charge in [-0.25, -0.2) is 18.7 Å². The Morgan fingerprint density at radius 1 is 1.21 bits per heavy atom. The second-order valence-corrected chi connectivity index (χ2v) is 10.8. The fourth-order valence-electron chi connectivity index (χ4n) is 3.68. The Morgan fingerprint density at radius 3 is 2.38 bits per heavy atom. The summed E-state index contributed by atoms with van der Waals surface area (Å²) in [5, 5.41) is 32.2. The molecular weight excluding hydrogens is 647 g/mol. The number of aliphatic hydroxyl groups is 2. The summed E-state index contributed by atoms with van der Waals surface area (Å²) < 4.78 is 48.4. The predicted octanol–water partition coefficient (Wildman–Crippen LogP) is 3.24. The zero-order chi connectivity index (χ0) is 31.8. The SMILES string of the molecule is CC(C)OC(=O)[C@H](C)NP=O.C[C@]1(F)[C@H](n2cc(Br)c(=O)[nH]c2=O)O[C@](F)(CO)[C@H]1O.Oc1cccc2ccccc12. The van der Waals surface area contributed by atoms with Crippen molar-refractivity contribution in [1.82, 2.24) is 14.6 Å². The second-order valence-electron chi connectivity index (χ2n) is 9.54. The number of aromatic hydroxyl groups is 1. The van der Waals surface area contributed by atoms with Crippen LogP contribution in [0, 0.1) is 0 Å². The maximum atomic E-state index is 14.5. The first-order chi connectivity index (χ1) is 19.6. The Morgan fingerprint density at radius 2 is 1.83 bits per heavy atom. The highest BCUT2D eigenvalue weighted by Crippen LogP contribution is 2.46. The Hall–Kier alpha value is -3.07.